The molecule has 0 saturated carbocycles. The van der Waals surface area contributed by atoms with Gasteiger partial charge in [-0.15, -0.1) is 0 Å². The highest BCUT2D eigenvalue weighted by Gasteiger charge is 2.31. The summed E-state index contributed by atoms with van der Waals surface area (Å²) in [7, 11) is 2.14. The summed E-state index contributed by atoms with van der Waals surface area (Å²) in [6.07, 6.45) is 3.82. The molecule has 0 bridgehead atoms. The average molecular weight is 479 g/mol. The van der Waals surface area contributed by atoms with Crippen LogP contribution in [-0.4, -0.2) is 9.55 Å². The molecule has 3 aromatic carbocycles. The topological polar surface area (TPSA) is 21.7 Å². The van der Waals surface area contributed by atoms with Gasteiger partial charge in [0.1, 0.15) is 11.5 Å². The fourth-order valence-corrected chi connectivity index (χ4v) is 5.17. The van der Waals surface area contributed by atoms with Crippen LogP contribution in [0.5, 0.6) is 0 Å². The fourth-order valence-electron chi connectivity index (χ4n) is 5.17. The molecule has 0 N–H and O–H groups in total. The van der Waals surface area contributed by atoms with Crippen LogP contribution in [0, 0.1) is 12.7 Å². The van der Waals surface area contributed by atoms with Gasteiger partial charge in [-0.25, -0.2) is 8.96 Å². The standard InChI is InChI=1S/C32H33FN3/c1-20(2)26-17-24(23-11-13-25(33)14-12-23)18-27(21(3)4)31(26)36-30-10-8-7-9-29(30)35(6)32(36)28-19-34-16-15-22(28)5/h7-21H,1-6H3/q+1. The first-order valence-corrected chi connectivity index (χ1v) is 12.6. The lowest BCUT2D eigenvalue weighted by molar-refractivity contribution is -0.633. The Kier molecular flexibility index (Phi) is 6.21. The Balaban J connectivity index is 1.92. The van der Waals surface area contributed by atoms with Gasteiger partial charge in [0, 0.05) is 23.5 Å². The molecule has 0 amide bonds. The summed E-state index contributed by atoms with van der Waals surface area (Å²) >= 11 is 0. The quantitative estimate of drug-likeness (QED) is 0.236. The van der Waals surface area contributed by atoms with E-state index in [1.54, 1.807) is 0 Å². The highest BCUT2D eigenvalue weighted by molar-refractivity contribution is 5.82. The predicted molar refractivity (Wildman–Crippen MR) is 146 cm³/mol. The second kappa shape index (κ2) is 9.34. The SMILES string of the molecule is Cc1ccncc1-c1n(-c2c(C(C)C)cc(-c3ccc(F)cc3)cc2C(C)C)c2ccccc2[n+]1C. The summed E-state index contributed by atoms with van der Waals surface area (Å²) in [4.78, 5) is 4.49. The summed E-state index contributed by atoms with van der Waals surface area (Å²) in [6.45, 7) is 11.1. The molecule has 0 saturated heterocycles. The van der Waals surface area contributed by atoms with Crippen LogP contribution in [-0.2, 0) is 7.05 Å². The average Bonchev–Trinajstić information content (AvgIpc) is 3.16. The van der Waals surface area contributed by atoms with Gasteiger partial charge in [0.05, 0.1) is 12.6 Å². The maximum Gasteiger partial charge on any atom is 0.296 e. The summed E-state index contributed by atoms with van der Waals surface area (Å²) in [5.74, 6) is 1.46. The number of aromatic nitrogens is 3. The van der Waals surface area contributed by atoms with Gasteiger partial charge in [0.2, 0.25) is 0 Å². The Morgan fingerprint density at radius 3 is 2.08 bits per heavy atom. The number of para-hydroxylation sites is 2. The third-order valence-electron chi connectivity index (χ3n) is 7.11. The zero-order valence-electron chi connectivity index (χ0n) is 21.9. The lowest BCUT2D eigenvalue weighted by Gasteiger charge is -2.21. The number of hydrogen-bond acceptors (Lipinski definition) is 1. The molecule has 2 aromatic heterocycles. The van der Waals surface area contributed by atoms with Crippen molar-refractivity contribution in [2.75, 3.05) is 0 Å². The molecule has 182 valence electrons. The molecule has 0 aliphatic carbocycles. The maximum absolute atomic E-state index is 13.7. The zero-order valence-corrected chi connectivity index (χ0v) is 21.9. The summed E-state index contributed by atoms with van der Waals surface area (Å²) in [6, 6.07) is 22.0. The number of pyridine rings is 1. The minimum atomic E-state index is -0.216. The molecular weight excluding hydrogens is 445 g/mol. The lowest BCUT2D eigenvalue weighted by Crippen LogP contribution is -2.30. The molecule has 0 aliphatic rings. The van der Waals surface area contributed by atoms with Crippen LogP contribution in [0.4, 0.5) is 4.39 Å². The number of halogens is 1. The van der Waals surface area contributed by atoms with Crippen LogP contribution in [0.2, 0.25) is 0 Å². The van der Waals surface area contributed by atoms with Gasteiger partial charge in [-0.1, -0.05) is 52.0 Å². The fraction of sp³-hybridized carbons (Fsp3) is 0.250. The summed E-state index contributed by atoms with van der Waals surface area (Å²) in [5.41, 5.74) is 10.5. The molecule has 0 atom stereocenters. The van der Waals surface area contributed by atoms with Crippen LogP contribution < -0.4 is 4.57 Å². The minimum Gasteiger partial charge on any atom is -0.264 e. The highest BCUT2D eigenvalue weighted by atomic mass is 19.1. The maximum atomic E-state index is 13.7. The van der Waals surface area contributed by atoms with Crippen LogP contribution >= 0.6 is 0 Å². The van der Waals surface area contributed by atoms with E-state index >= 15 is 0 Å². The summed E-state index contributed by atoms with van der Waals surface area (Å²) in [5, 5.41) is 0. The van der Waals surface area contributed by atoms with E-state index in [1.165, 1.54) is 40.0 Å². The third kappa shape index (κ3) is 4.01. The van der Waals surface area contributed by atoms with Crippen molar-refractivity contribution >= 4 is 11.0 Å². The van der Waals surface area contributed by atoms with E-state index in [0.717, 1.165) is 28.0 Å². The van der Waals surface area contributed by atoms with Crippen LogP contribution in [0.25, 0.3) is 39.2 Å². The molecule has 0 fully saturated rings. The molecule has 5 aromatic rings. The molecule has 5 rings (SSSR count). The van der Waals surface area contributed by atoms with Crippen LogP contribution in [0.1, 0.15) is 56.2 Å². The van der Waals surface area contributed by atoms with Gasteiger partial charge in [-0.3, -0.25) is 4.98 Å². The molecular formula is C32H33FN3+. The first-order chi connectivity index (χ1) is 17.3. The zero-order chi connectivity index (χ0) is 25.6. The largest absolute Gasteiger partial charge is 0.296 e. The molecule has 36 heavy (non-hydrogen) atoms. The van der Waals surface area contributed by atoms with Crippen molar-refractivity contribution in [1.29, 1.82) is 0 Å². The molecule has 2 heterocycles. The van der Waals surface area contributed by atoms with Crippen molar-refractivity contribution in [3.05, 3.63) is 102 Å². The molecule has 0 unspecified atom stereocenters. The Labute approximate surface area is 212 Å². The van der Waals surface area contributed by atoms with E-state index in [0.29, 0.717) is 0 Å². The van der Waals surface area contributed by atoms with Crippen molar-refractivity contribution in [3.63, 3.8) is 0 Å². The number of aryl methyl sites for hydroxylation is 2. The Morgan fingerprint density at radius 2 is 1.47 bits per heavy atom. The van der Waals surface area contributed by atoms with E-state index in [9.17, 15) is 4.39 Å². The molecule has 0 aliphatic heterocycles. The number of benzene rings is 3. The van der Waals surface area contributed by atoms with Gasteiger partial charge in [-0.2, -0.15) is 4.57 Å². The predicted octanol–water partition coefficient (Wildman–Crippen LogP) is 7.88. The normalized spacial score (nSPS) is 11.7. The van der Waals surface area contributed by atoms with Gasteiger partial charge in [0.15, 0.2) is 11.0 Å². The van der Waals surface area contributed by atoms with E-state index < -0.39 is 0 Å². The molecule has 0 radical (unpaired) electrons. The smallest absolute Gasteiger partial charge is 0.264 e. The second-order valence-electron chi connectivity index (χ2n) is 10.2. The van der Waals surface area contributed by atoms with Crippen molar-refractivity contribution in [2.45, 2.75) is 46.5 Å². The third-order valence-corrected chi connectivity index (χ3v) is 7.11. The van der Waals surface area contributed by atoms with Gasteiger partial charge in [-0.05, 0) is 77.9 Å². The Hall–Kier alpha value is -3.79. The molecule has 0 spiro atoms. The van der Waals surface area contributed by atoms with E-state index in [-0.39, 0.29) is 17.7 Å². The van der Waals surface area contributed by atoms with Crippen molar-refractivity contribution in [1.82, 2.24) is 9.55 Å². The van der Waals surface area contributed by atoms with Crippen molar-refractivity contribution in [2.24, 2.45) is 7.05 Å². The first kappa shape index (κ1) is 23.9. The number of rotatable bonds is 5. The minimum absolute atomic E-state index is 0.216. The highest BCUT2D eigenvalue weighted by Crippen LogP contribution is 2.39. The number of nitrogens with zero attached hydrogens (tertiary/aromatic N) is 3. The van der Waals surface area contributed by atoms with Gasteiger partial charge < -0.3 is 0 Å². The van der Waals surface area contributed by atoms with Crippen molar-refractivity contribution in [3.8, 4) is 28.2 Å². The van der Waals surface area contributed by atoms with E-state index in [2.05, 4.69) is 98.2 Å². The first-order valence-electron chi connectivity index (χ1n) is 12.6. The van der Waals surface area contributed by atoms with E-state index in [1.807, 2.05) is 24.5 Å². The van der Waals surface area contributed by atoms with Crippen molar-refractivity contribution < 1.29 is 8.96 Å². The number of fused-ring (bicyclic) bond motifs is 1. The Bertz CT molecular complexity index is 1530. The van der Waals surface area contributed by atoms with Crippen LogP contribution in [0.3, 0.4) is 0 Å². The number of hydrogen-bond donors (Lipinski definition) is 0. The van der Waals surface area contributed by atoms with E-state index in [4.69, 9.17) is 0 Å². The van der Waals surface area contributed by atoms with Crippen LogP contribution in [0.15, 0.2) is 79.1 Å². The molecule has 4 heteroatoms. The Morgan fingerprint density at radius 1 is 0.833 bits per heavy atom. The second-order valence-corrected chi connectivity index (χ2v) is 10.2. The number of imidazole rings is 1. The van der Waals surface area contributed by atoms with Gasteiger partial charge in [0.25, 0.3) is 5.82 Å². The van der Waals surface area contributed by atoms with Gasteiger partial charge >= 0.3 is 0 Å². The summed E-state index contributed by atoms with van der Waals surface area (Å²) < 4.78 is 18.4. The molecule has 3 nitrogen and oxygen atoms in total. The monoisotopic (exact) mass is 478 g/mol. The lowest BCUT2D eigenvalue weighted by atomic mass is 9.88.